The molecule has 1 fully saturated rings. The van der Waals surface area contributed by atoms with Crippen molar-refractivity contribution in [2.75, 3.05) is 6.54 Å². The minimum atomic E-state index is -0.102. The number of piperidine rings is 1. The van der Waals surface area contributed by atoms with E-state index in [9.17, 15) is 0 Å². The van der Waals surface area contributed by atoms with Gasteiger partial charge in [-0.25, -0.2) is 0 Å². The minimum Gasteiger partial charge on any atom is -0.312 e. The average Bonchev–Trinajstić information content (AvgIpc) is 1.85. The molecule has 0 amide bonds. The van der Waals surface area contributed by atoms with E-state index < -0.39 is 0 Å². The lowest BCUT2D eigenvalue weighted by Gasteiger charge is -2.39. The van der Waals surface area contributed by atoms with Gasteiger partial charge in [0.05, 0.1) is 11.5 Å². The van der Waals surface area contributed by atoms with Crippen LogP contribution in [0.25, 0.3) is 0 Å². The molecule has 1 saturated heterocycles. The molecule has 0 aromatic heterocycles. The van der Waals surface area contributed by atoms with Crippen LogP contribution in [0.4, 0.5) is 0 Å². The number of hydrogen-bond donors (Lipinski definition) is 1. The third-order valence-electron chi connectivity index (χ3n) is 2.38. The molecule has 1 heterocycles. The normalized spacial score (nSPS) is 36.2. The second-order valence-corrected chi connectivity index (χ2v) is 4.41. The fraction of sp³-hybridized carbons (Fsp3) is 0.889. The zero-order valence-corrected chi connectivity index (χ0v) is 7.57. The fourth-order valence-electron chi connectivity index (χ4n) is 1.90. The molecule has 0 aromatic carbocycles. The van der Waals surface area contributed by atoms with Crippen LogP contribution in [0.2, 0.25) is 0 Å². The molecule has 1 aliphatic rings. The highest BCUT2D eigenvalue weighted by Crippen LogP contribution is 2.34. The summed E-state index contributed by atoms with van der Waals surface area (Å²) in [5.41, 5.74) is 0.0392. The Morgan fingerprint density at radius 2 is 2.00 bits per heavy atom. The fourth-order valence-corrected chi connectivity index (χ4v) is 1.90. The maximum atomic E-state index is 8.90. The molecule has 11 heavy (non-hydrogen) atoms. The van der Waals surface area contributed by atoms with Crippen molar-refractivity contribution >= 4 is 0 Å². The maximum absolute atomic E-state index is 8.90. The van der Waals surface area contributed by atoms with Gasteiger partial charge in [-0.05, 0) is 40.2 Å². The topological polar surface area (TPSA) is 35.8 Å². The summed E-state index contributed by atoms with van der Waals surface area (Å²) in [4.78, 5) is 0. The van der Waals surface area contributed by atoms with Gasteiger partial charge >= 0.3 is 0 Å². The number of hydrogen-bond acceptors (Lipinski definition) is 2. The Morgan fingerprint density at radius 3 is 2.36 bits per heavy atom. The molecule has 1 rings (SSSR count). The van der Waals surface area contributed by atoms with Crippen molar-refractivity contribution in [3.05, 3.63) is 0 Å². The van der Waals surface area contributed by atoms with E-state index in [0.29, 0.717) is 0 Å². The van der Waals surface area contributed by atoms with E-state index in [4.69, 9.17) is 5.26 Å². The van der Waals surface area contributed by atoms with Crippen molar-refractivity contribution in [1.29, 1.82) is 5.26 Å². The Hall–Kier alpha value is -0.550. The summed E-state index contributed by atoms with van der Waals surface area (Å²) in [6.07, 6.45) is 1.93. The molecule has 62 valence electrons. The Morgan fingerprint density at radius 1 is 1.36 bits per heavy atom. The van der Waals surface area contributed by atoms with Crippen molar-refractivity contribution in [2.45, 2.75) is 39.2 Å². The molecule has 1 atom stereocenters. The molecule has 0 aromatic rings. The SMILES string of the molecule is CC1(C#N)CCNC(C)(C)C1. The number of nitrogens with zero attached hydrogens (tertiary/aromatic N) is 1. The highest BCUT2D eigenvalue weighted by Gasteiger charge is 2.35. The lowest BCUT2D eigenvalue weighted by atomic mass is 9.74. The van der Waals surface area contributed by atoms with Gasteiger partial charge in [-0.2, -0.15) is 5.26 Å². The Bertz CT molecular complexity index is 190. The molecule has 0 radical (unpaired) electrons. The standard InChI is InChI=1S/C9H16N2/c1-8(2)6-9(3,7-10)4-5-11-8/h11H,4-6H2,1-3H3. The van der Waals surface area contributed by atoms with E-state index in [0.717, 1.165) is 19.4 Å². The summed E-state index contributed by atoms with van der Waals surface area (Å²) in [6, 6.07) is 2.40. The molecule has 0 saturated carbocycles. The average molecular weight is 152 g/mol. The zero-order valence-electron chi connectivity index (χ0n) is 7.57. The zero-order chi connectivity index (χ0) is 8.54. The van der Waals surface area contributed by atoms with Gasteiger partial charge in [0.25, 0.3) is 0 Å². The second-order valence-electron chi connectivity index (χ2n) is 4.41. The van der Waals surface area contributed by atoms with Crippen LogP contribution < -0.4 is 5.32 Å². The van der Waals surface area contributed by atoms with Gasteiger partial charge in [0.15, 0.2) is 0 Å². The van der Waals surface area contributed by atoms with Gasteiger partial charge < -0.3 is 5.32 Å². The van der Waals surface area contributed by atoms with Crippen LogP contribution in [0.3, 0.4) is 0 Å². The van der Waals surface area contributed by atoms with E-state index in [2.05, 4.69) is 32.2 Å². The highest BCUT2D eigenvalue weighted by atomic mass is 15.0. The molecule has 1 unspecified atom stereocenters. The maximum Gasteiger partial charge on any atom is 0.0688 e. The van der Waals surface area contributed by atoms with Crippen molar-refractivity contribution in [2.24, 2.45) is 5.41 Å². The van der Waals surface area contributed by atoms with E-state index in [1.54, 1.807) is 0 Å². The van der Waals surface area contributed by atoms with Crippen LogP contribution in [0.15, 0.2) is 0 Å². The van der Waals surface area contributed by atoms with Gasteiger partial charge in [0.1, 0.15) is 0 Å². The summed E-state index contributed by atoms with van der Waals surface area (Å²) in [7, 11) is 0. The number of nitrogens with one attached hydrogen (secondary N) is 1. The van der Waals surface area contributed by atoms with Gasteiger partial charge in [-0.1, -0.05) is 0 Å². The number of nitriles is 1. The predicted octanol–water partition coefficient (Wildman–Crippen LogP) is 1.68. The first-order valence-corrected chi connectivity index (χ1v) is 4.14. The van der Waals surface area contributed by atoms with E-state index >= 15 is 0 Å². The number of rotatable bonds is 0. The lowest BCUT2D eigenvalue weighted by Crippen LogP contribution is -2.49. The largest absolute Gasteiger partial charge is 0.312 e. The third kappa shape index (κ3) is 1.94. The van der Waals surface area contributed by atoms with Crippen molar-refractivity contribution in [3.63, 3.8) is 0 Å². The van der Waals surface area contributed by atoms with E-state index in [1.807, 2.05) is 0 Å². The molecule has 2 nitrogen and oxygen atoms in total. The first kappa shape index (κ1) is 8.55. The first-order valence-electron chi connectivity index (χ1n) is 4.14. The van der Waals surface area contributed by atoms with Crippen LogP contribution in [0, 0.1) is 16.7 Å². The molecule has 0 spiro atoms. The van der Waals surface area contributed by atoms with Gasteiger partial charge in [0, 0.05) is 5.54 Å². The quantitative estimate of drug-likeness (QED) is 0.573. The third-order valence-corrected chi connectivity index (χ3v) is 2.38. The van der Waals surface area contributed by atoms with Crippen LogP contribution >= 0.6 is 0 Å². The molecular formula is C9H16N2. The summed E-state index contributed by atoms with van der Waals surface area (Å²) in [6.45, 7) is 7.33. The summed E-state index contributed by atoms with van der Waals surface area (Å²) < 4.78 is 0. The van der Waals surface area contributed by atoms with Crippen LogP contribution in [0.1, 0.15) is 33.6 Å². The first-order chi connectivity index (χ1) is 4.97. The lowest BCUT2D eigenvalue weighted by molar-refractivity contribution is 0.190. The van der Waals surface area contributed by atoms with Gasteiger partial charge in [-0.3, -0.25) is 0 Å². The molecule has 0 aliphatic carbocycles. The monoisotopic (exact) mass is 152 g/mol. The molecular weight excluding hydrogens is 136 g/mol. The van der Waals surface area contributed by atoms with Crippen molar-refractivity contribution < 1.29 is 0 Å². The van der Waals surface area contributed by atoms with Crippen LogP contribution in [0.5, 0.6) is 0 Å². The predicted molar refractivity (Wildman–Crippen MR) is 45.0 cm³/mol. The van der Waals surface area contributed by atoms with Crippen molar-refractivity contribution in [1.82, 2.24) is 5.32 Å². The summed E-state index contributed by atoms with van der Waals surface area (Å²) in [5.74, 6) is 0. The molecule has 2 heteroatoms. The second kappa shape index (κ2) is 2.49. The van der Waals surface area contributed by atoms with E-state index in [-0.39, 0.29) is 11.0 Å². The molecule has 1 N–H and O–H groups in total. The van der Waals surface area contributed by atoms with Crippen molar-refractivity contribution in [3.8, 4) is 6.07 Å². The summed E-state index contributed by atoms with van der Waals surface area (Å²) in [5, 5.41) is 12.3. The Kier molecular flexibility index (Phi) is 1.94. The Labute approximate surface area is 68.6 Å². The summed E-state index contributed by atoms with van der Waals surface area (Å²) >= 11 is 0. The van der Waals surface area contributed by atoms with Gasteiger partial charge in [-0.15, -0.1) is 0 Å². The van der Waals surface area contributed by atoms with Gasteiger partial charge in [0.2, 0.25) is 0 Å². The Balaban J connectivity index is 2.69. The van der Waals surface area contributed by atoms with Crippen LogP contribution in [-0.2, 0) is 0 Å². The molecule has 1 aliphatic heterocycles. The van der Waals surface area contributed by atoms with Crippen LogP contribution in [-0.4, -0.2) is 12.1 Å². The van der Waals surface area contributed by atoms with E-state index in [1.165, 1.54) is 0 Å². The molecule has 0 bridgehead atoms. The minimum absolute atomic E-state index is 0.102. The smallest absolute Gasteiger partial charge is 0.0688 e. The highest BCUT2D eigenvalue weighted by molar-refractivity contribution is 5.04.